The van der Waals surface area contributed by atoms with Crippen molar-refractivity contribution in [2.45, 2.75) is 32.6 Å². The highest BCUT2D eigenvalue weighted by Crippen LogP contribution is 2.39. The van der Waals surface area contributed by atoms with E-state index in [1.165, 1.54) is 57.5 Å². The molecule has 0 fully saturated rings. The van der Waals surface area contributed by atoms with Crippen LogP contribution >= 0.6 is 11.3 Å². The Balaban J connectivity index is 2.01. The molecule has 3 heteroatoms. The van der Waals surface area contributed by atoms with Gasteiger partial charge in [0.15, 0.2) is 0 Å². The van der Waals surface area contributed by atoms with E-state index in [0.717, 1.165) is 11.4 Å². The van der Waals surface area contributed by atoms with Crippen molar-refractivity contribution < 1.29 is 4.98 Å². The average molecular weight is 295 g/mol. The van der Waals surface area contributed by atoms with Gasteiger partial charge in [-0.15, -0.1) is 0 Å². The Kier molecular flexibility index (Phi) is 2.96. The van der Waals surface area contributed by atoms with Crippen molar-refractivity contribution in [3.63, 3.8) is 0 Å². The molecule has 1 aromatic carbocycles. The van der Waals surface area contributed by atoms with E-state index in [0.29, 0.717) is 0 Å². The van der Waals surface area contributed by atoms with Gasteiger partial charge in [0.05, 0.1) is 11.1 Å². The summed E-state index contributed by atoms with van der Waals surface area (Å²) in [5.41, 5.74) is 12.5. The zero-order valence-corrected chi connectivity index (χ0v) is 13.0. The lowest BCUT2D eigenvalue weighted by Gasteiger charge is -2.11. The summed E-state index contributed by atoms with van der Waals surface area (Å²) in [6, 6.07) is 10.5. The molecule has 106 valence electrons. The molecule has 2 nitrogen and oxygen atoms in total. The number of hydrogen-bond acceptors (Lipinski definition) is 2. The van der Waals surface area contributed by atoms with Crippen molar-refractivity contribution in [2.24, 2.45) is 0 Å². The Labute approximate surface area is 128 Å². The fourth-order valence-electron chi connectivity index (χ4n) is 3.36. The number of aromatic nitrogens is 1. The van der Waals surface area contributed by atoms with Gasteiger partial charge in [-0.25, -0.2) is 0 Å². The van der Waals surface area contributed by atoms with Gasteiger partial charge >= 0.3 is 0 Å². The third-order valence-corrected chi connectivity index (χ3v) is 5.73. The summed E-state index contributed by atoms with van der Waals surface area (Å²) < 4.78 is 0. The molecule has 21 heavy (non-hydrogen) atoms. The number of hydrogen-bond donors (Lipinski definition) is 1. The van der Waals surface area contributed by atoms with E-state index in [4.69, 9.17) is 5.73 Å². The molecule has 0 atom stereocenters. The molecule has 0 bridgehead atoms. The van der Waals surface area contributed by atoms with Gasteiger partial charge in [0.25, 0.3) is 4.83 Å². The maximum absolute atomic E-state index is 6.51. The van der Waals surface area contributed by atoms with Gasteiger partial charge in [-0.1, -0.05) is 29.5 Å². The molecule has 0 unspecified atom stereocenters. The molecule has 0 saturated carbocycles. The standard InChI is InChI=1S/C18H18N2S/c1-11-16(19)15-13-9-5-6-10-14(13)21-18(15)20-17(11)12-7-3-2-4-8-12/h2-4,7-8H,5-6,9-10H2,1H3,(H2,19,20)/p+1. The number of anilines is 1. The minimum atomic E-state index is 0.960. The molecular weight excluding hydrogens is 276 g/mol. The van der Waals surface area contributed by atoms with Crippen LogP contribution in [0, 0.1) is 6.92 Å². The number of H-pyrrole nitrogens is 1. The summed E-state index contributed by atoms with van der Waals surface area (Å²) in [6.45, 7) is 2.13. The first-order chi connectivity index (χ1) is 10.3. The summed E-state index contributed by atoms with van der Waals surface area (Å²) in [4.78, 5) is 6.42. The van der Waals surface area contributed by atoms with E-state index in [1.54, 1.807) is 0 Å². The van der Waals surface area contributed by atoms with Crippen LogP contribution < -0.4 is 10.7 Å². The first-order valence-electron chi connectivity index (χ1n) is 7.56. The van der Waals surface area contributed by atoms with E-state index < -0.39 is 0 Å². The lowest BCUT2D eigenvalue weighted by atomic mass is 9.94. The summed E-state index contributed by atoms with van der Waals surface area (Å²) in [6.07, 6.45) is 4.99. The van der Waals surface area contributed by atoms with Crippen molar-refractivity contribution in [2.75, 3.05) is 5.73 Å². The predicted octanol–water partition coefficient (Wildman–Crippen LogP) is 4.15. The first kappa shape index (κ1) is 12.8. The zero-order valence-electron chi connectivity index (χ0n) is 12.2. The van der Waals surface area contributed by atoms with E-state index in [2.05, 4.69) is 36.2 Å². The number of pyridine rings is 1. The smallest absolute Gasteiger partial charge is 0.270 e. The van der Waals surface area contributed by atoms with E-state index in [-0.39, 0.29) is 0 Å². The van der Waals surface area contributed by atoms with Gasteiger partial charge in [0.2, 0.25) is 5.69 Å². The number of nitrogens with one attached hydrogen (secondary N) is 1. The van der Waals surface area contributed by atoms with Crippen LogP contribution in [0.1, 0.15) is 28.8 Å². The van der Waals surface area contributed by atoms with Crippen LogP contribution in [0.15, 0.2) is 30.3 Å². The monoisotopic (exact) mass is 295 g/mol. The van der Waals surface area contributed by atoms with Gasteiger partial charge in [-0.2, -0.15) is 4.98 Å². The Hall–Kier alpha value is -1.87. The molecule has 2 aromatic heterocycles. The predicted molar refractivity (Wildman–Crippen MR) is 89.6 cm³/mol. The molecule has 0 radical (unpaired) electrons. The van der Waals surface area contributed by atoms with Crippen molar-refractivity contribution >= 4 is 27.2 Å². The Morgan fingerprint density at radius 3 is 2.67 bits per heavy atom. The van der Waals surface area contributed by atoms with E-state index >= 15 is 0 Å². The van der Waals surface area contributed by atoms with Gasteiger partial charge in [0, 0.05) is 16.0 Å². The summed E-state index contributed by atoms with van der Waals surface area (Å²) in [7, 11) is 0. The lowest BCUT2D eigenvalue weighted by Crippen LogP contribution is -2.12. The molecule has 2 heterocycles. The topological polar surface area (TPSA) is 40.2 Å². The Morgan fingerprint density at radius 1 is 1.10 bits per heavy atom. The molecule has 0 spiro atoms. The van der Waals surface area contributed by atoms with Crippen molar-refractivity contribution in [3.05, 3.63) is 46.3 Å². The number of benzene rings is 1. The molecule has 1 aliphatic carbocycles. The molecular formula is C18H19N2S+. The second-order valence-corrected chi connectivity index (χ2v) is 6.92. The molecule has 1 aliphatic rings. The van der Waals surface area contributed by atoms with Crippen molar-refractivity contribution in [1.29, 1.82) is 0 Å². The molecule has 4 rings (SSSR count). The maximum atomic E-state index is 6.51. The van der Waals surface area contributed by atoms with Crippen LogP contribution in [-0.2, 0) is 12.8 Å². The number of nitrogen functional groups attached to an aromatic ring is 1. The maximum Gasteiger partial charge on any atom is 0.270 e. The number of aryl methyl sites for hydroxylation is 2. The van der Waals surface area contributed by atoms with Gasteiger partial charge in [-0.3, -0.25) is 0 Å². The van der Waals surface area contributed by atoms with Crippen LogP contribution in [0.4, 0.5) is 5.69 Å². The number of thiophene rings is 1. The first-order valence-corrected chi connectivity index (χ1v) is 8.38. The highest BCUT2D eigenvalue weighted by atomic mass is 32.1. The van der Waals surface area contributed by atoms with Crippen LogP contribution in [0.3, 0.4) is 0 Å². The Bertz CT molecular complexity index is 818. The minimum absolute atomic E-state index is 0.960. The SMILES string of the molecule is Cc1c(-c2ccccc2)[nH+]c2sc3c(c2c1N)CCCC3. The van der Waals surface area contributed by atoms with Crippen LogP contribution in [0.5, 0.6) is 0 Å². The quantitative estimate of drug-likeness (QED) is 0.719. The highest BCUT2D eigenvalue weighted by Gasteiger charge is 2.25. The molecule has 3 aromatic rings. The minimum Gasteiger partial charge on any atom is -0.398 e. The second kappa shape index (κ2) is 4.85. The van der Waals surface area contributed by atoms with Crippen LogP contribution in [0.25, 0.3) is 21.5 Å². The number of fused-ring (bicyclic) bond motifs is 3. The van der Waals surface area contributed by atoms with Gasteiger partial charge in [-0.05, 0) is 50.3 Å². The van der Waals surface area contributed by atoms with Crippen LogP contribution in [-0.4, -0.2) is 0 Å². The summed E-state index contributed by atoms with van der Waals surface area (Å²) in [5, 5.41) is 1.28. The van der Waals surface area contributed by atoms with Crippen LogP contribution in [0.2, 0.25) is 0 Å². The number of aromatic amines is 1. The molecule has 3 N–H and O–H groups in total. The summed E-state index contributed by atoms with van der Waals surface area (Å²) in [5.74, 6) is 0. The van der Waals surface area contributed by atoms with Crippen molar-refractivity contribution in [3.8, 4) is 11.3 Å². The zero-order chi connectivity index (χ0) is 14.4. The Morgan fingerprint density at radius 2 is 1.86 bits per heavy atom. The number of nitrogens with two attached hydrogens (primary N) is 1. The molecule has 0 aliphatic heterocycles. The third kappa shape index (κ3) is 1.95. The fourth-order valence-corrected chi connectivity index (χ4v) is 4.67. The highest BCUT2D eigenvalue weighted by molar-refractivity contribution is 7.18. The molecule has 0 amide bonds. The summed E-state index contributed by atoms with van der Waals surface area (Å²) >= 11 is 1.90. The average Bonchev–Trinajstić information content (AvgIpc) is 2.90. The number of rotatable bonds is 1. The molecule has 0 saturated heterocycles. The second-order valence-electron chi connectivity index (χ2n) is 5.82. The largest absolute Gasteiger partial charge is 0.398 e. The van der Waals surface area contributed by atoms with E-state index in [1.807, 2.05) is 17.4 Å². The van der Waals surface area contributed by atoms with E-state index in [9.17, 15) is 0 Å². The fraction of sp³-hybridized carbons (Fsp3) is 0.278. The normalized spacial score (nSPS) is 14.3. The van der Waals surface area contributed by atoms with Gasteiger partial charge in [0.1, 0.15) is 0 Å². The lowest BCUT2D eigenvalue weighted by molar-refractivity contribution is -0.328. The third-order valence-electron chi connectivity index (χ3n) is 4.52. The van der Waals surface area contributed by atoms with Crippen molar-refractivity contribution in [1.82, 2.24) is 0 Å². The van der Waals surface area contributed by atoms with Gasteiger partial charge < -0.3 is 5.73 Å².